The second kappa shape index (κ2) is 4.83. The molecule has 0 bridgehead atoms. The molecule has 102 valence electrons. The van der Waals surface area contributed by atoms with Gasteiger partial charge in [0.25, 0.3) is 0 Å². The molecular formula is C15H13NO3S. The van der Waals surface area contributed by atoms with Crippen LogP contribution in [0.2, 0.25) is 0 Å². The van der Waals surface area contributed by atoms with Gasteiger partial charge in [-0.3, -0.25) is 4.79 Å². The Labute approximate surface area is 120 Å². The molecule has 1 heterocycles. The van der Waals surface area contributed by atoms with Gasteiger partial charge in [0.05, 0.1) is 7.11 Å². The Kier molecular flexibility index (Phi) is 3.14. The molecule has 1 aromatic carbocycles. The van der Waals surface area contributed by atoms with Crippen molar-refractivity contribution in [3.63, 3.8) is 0 Å². The Bertz CT molecular complexity index is 705. The van der Waals surface area contributed by atoms with Gasteiger partial charge in [-0.1, -0.05) is 24.3 Å². The fraction of sp³-hybridized carbons (Fsp3) is 0.267. The lowest BCUT2D eigenvalue weighted by atomic mass is 9.78. The summed E-state index contributed by atoms with van der Waals surface area (Å²) in [4.78, 5) is 28.1. The molecule has 2 aromatic rings. The Morgan fingerprint density at radius 2 is 2.10 bits per heavy atom. The Balaban J connectivity index is 2.01. The van der Waals surface area contributed by atoms with Gasteiger partial charge in [-0.25, -0.2) is 9.78 Å². The first-order valence-corrected chi connectivity index (χ1v) is 7.11. The molecule has 0 saturated heterocycles. The molecule has 1 unspecified atom stereocenters. The zero-order chi connectivity index (χ0) is 14.3. The number of esters is 1. The summed E-state index contributed by atoms with van der Waals surface area (Å²) in [5.41, 5.74) is 2.67. The van der Waals surface area contributed by atoms with Crippen LogP contribution in [-0.2, 0) is 11.2 Å². The van der Waals surface area contributed by atoms with Crippen LogP contribution in [-0.4, -0.2) is 23.8 Å². The lowest BCUT2D eigenvalue weighted by molar-refractivity contribution is 0.0591. The third kappa shape index (κ3) is 1.94. The molecule has 0 amide bonds. The predicted octanol–water partition coefficient (Wildman–Crippen LogP) is 2.82. The van der Waals surface area contributed by atoms with Crippen LogP contribution in [0, 0.1) is 0 Å². The number of carbonyl (C=O) groups is 2. The molecule has 5 heteroatoms. The second-order valence-corrected chi connectivity index (χ2v) is 5.76. The predicted molar refractivity (Wildman–Crippen MR) is 75.4 cm³/mol. The summed E-state index contributed by atoms with van der Waals surface area (Å²) in [5, 5.41) is 0.814. The second-order valence-electron chi connectivity index (χ2n) is 4.73. The number of ketones is 1. The molecule has 0 saturated carbocycles. The van der Waals surface area contributed by atoms with E-state index in [0.29, 0.717) is 4.88 Å². The topological polar surface area (TPSA) is 56.3 Å². The maximum Gasteiger partial charge on any atom is 0.358 e. The summed E-state index contributed by atoms with van der Waals surface area (Å²) in [6.07, 6.45) is 0.904. The molecule has 3 rings (SSSR count). The molecule has 1 aliphatic rings. The highest BCUT2D eigenvalue weighted by Crippen LogP contribution is 2.42. The summed E-state index contributed by atoms with van der Waals surface area (Å²) in [6.45, 7) is 1.44. The van der Waals surface area contributed by atoms with E-state index >= 15 is 0 Å². The van der Waals surface area contributed by atoms with Crippen molar-refractivity contribution in [3.05, 3.63) is 51.0 Å². The molecule has 20 heavy (non-hydrogen) atoms. The SMILES string of the molecule is COC(=O)c1nc(C2Cc3ccccc32)sc1C(C)=O. The van der Waals surface area contributed by atoms with E-state index in [1.54, 1.807) is 0 Å². The van der Waals surface area contributed by atoms with E-state index in [1.165, 1.54) is 36.5 Å². The van der Waals surface area contributed by atoms with Gasteiger partial charge in [-0.15, -0.1) is 11.3 Å². The van der Waals surface area contributed by atoms with E-state index < -0.39 is 5.97 Å². The van der Waals surface area contributed by atoms with Crippen molar-refractivity contribution in [1.82, 2.24) is 4.98 Å². The van der Waals surface area contributed by atoms with Crippen molar-refractivity contribution in [3.8, 4) is 0 Å². The molecule has 0 aliphatic heterocycles. The molecule has 1 aliphatic carbocycles. The summed E-state index contributed by atoms with van der Waals surface area (Å²) < 4.78 is 4.69. The number of ether oxygens (including phenoxy) is 1. The monoisotopic (exact) mass is 287 g/mol. The molecule has 4 nitrogen and oxygen atoms in total. The van der Waals surface area contributed by atoms with Gasteiger partial charge < -0.3 is 4.74 Å². The minimum Gasteiger partial charge on any atom is -0.464 e. The maximum atomic E-state index is 11.7. The Morgan fingerprint density at radius 3 is 2.75 bits per heavy atom. The van der Waals surface area contributed by atoms with Gasteiger partial charge in [0.15, 0.2) is 11.5 Å². The lowest BCUT2D eigenvalue weighted by Gasteiger charge is -2.28. The van der Waals surface area contributed by atoms with Crippen LogP contribution in [0.5, 0.6) is 0 Å². The average molecular weight is 287 g/mol. The highest BCUT2D eigenvalue weighted by Gasteiger charge is 2.32. The van der Waals surface area contributed by atoms with Crippen molar-refractivity contribution in [2.75, 3.05) is 7.11 Å². The molecule has 0 radical (unpaired) electrons. The number of Topliss-reactive ketones (excluding diaryl/α,β-unsaturated/α-hetero) is 1. The van der Waals surface area contributed by atoms with Crippen LogP contribution in [0.3, 0.4) is 0 Å². The number of carbonyl (C=O) groups excluding carboxylic acids is 2. The van der Waals surface area contributed by atoms with Crippen LogP contribution in [0.4, 0.5) is 0 Å². The van der Waals surface area contributed by atoms with E-state index in [-0.39, 0.29) is 17.4 Å². The van der Waals surface area contributed by atoms with Gasteiger partial charge >= 0.3 is 5.97 Å². The van der Waals surface area contributed by atoms with E-state index in [2.05, 4.69) is 17.1 Å². The molecule has 0 fully saturated rings. The lowest BCUT2D eigenvalue weighted by Crippen LogP contribution is -2.18. The third-order valence-electron chi connectivity index (χ3n) is 3.49. The largest absolute Gasteiger partial charge is 0.464 e. The molecule has 0 spiro atoms. The van der Waals surface area contributed by atoms with E-state index in [4.69, 9.17) is 4.74 Å². The average Bonchev–Trinajstić information content (AvgIpc) is 2.84. The summed E-state index contributed by atoms with van der Waals surface area (Å²) in [5.74, 6) is -0.514. The smallest absolute Gasteiger partial charge is 0.358 e. The van der Waals surface area contributed by atoms with Crippen LogP contribution in [0.15, 0.2) is 24.3 Å². The Morgan fingerprint density at radius 1 is 1.35 bits per heavy atom. The number of hydrogen-bond acceptors (Lipinski definition) is 5. The maximum absolute atomic E-state index is 11.7. The number of methoxy groups -OCH3 is 1. The number of rotatable bonds is 3. The first kappa shape index (κ1) is 13.0. The fourth-order valence-electron chi connectivity index (χ4n) is 2.44. The number of thiazole rings is 1. The Hall–Kier alpha value is -2.01. The van der Waals surface area contributed by atoms with Crippen molar-refractivity contribution < 1.29 is 14.3 Å². The van der Waals surface area contributed by atoms with Gasteiger partial charge in [0.1, 0.15) is 9.88 Å². The summed E-state index contributed by atoms with van der Waals surface area (Å²) in [6, 6.07) is 8.16. The zero-order valence-electron chi connectivity index (χ0n) is 11.2. The first-order valence-electron chi connectivity index (χ1n) is 6.29. The van der Waals surface area contributed by atoms with Gasteiger partial charge in [0, 0.05) is 12.8 Å². The van der Waals surface area contributed by atoms with Crippen LogP contribution in [0.1, 0.15) is 49.1 Å². The van der Waals surface area contributed by atoms with E-state index in [9.17, 15) is 9.59 Å². The number of fused-ring (bicyclic) bond motifs is 1. The quantitative estimate of drug-likeness (QED) is 0.643. The standard InChI is InChI=1S/C15H13NO3S/c1-8(17)13-12(15(18)19-2)16-14(20-13)11-7-9-5-3-4-6-10(9)11/h3-6,11H,7H2,1-2H3. The van der Waals surface area contributed by atoms with Crippen molar-refractivity contribution in [2.24, 2.45) is 0 Å². The van der Waals surface area contributed by atoms with Gasteiger partial charge in [0.2, 0.25) is 0 Å². The van der Waals surface area contributed by atoms with Crippen LogP contribution in [0.25, 0.3) is 0 Å². The normalized spacial score (nSPS) is 16.2. The van der Waals surface area contributed by atoms with Crippen molar-refractivity contribution in [2.45, 2.75) is 19.3 Å². The summed E-state index contributed by atoms with van der Waals surface area (Å²) >= 11 is 1.30. The summed E-state index contributed by atoms with van der Waals surface area (Å²) in [7, 11) is 1.30. The third-order valence-corrected chi connectivity index (χ3v) is 4.76. The van der Waals surface area contributed by atoms with Crippen LogP contribution >= 0.6 is 11.3 Å². The van der Waals surface area contributed by atoms with Gasteiger partial charge in [-0.05, 0) is 17.5 Å². The van der Waals surface area contributed by atoms with E-state index in [0.717, 1.165) is 11.4 Å². The zero-order valence-corrected chi connectivity index (χ0v) is 12.0. The van der Waals surface area contributed by atoms with Crippen molar-refractivity contribution in [1.29, 1.82) is 0 Å². The van der Waals surface area contributed by atoms with Crippen LogP contribution < -0.4 is 0 Å². The molecule has 1 atom stereocenters. The van der Waals surface area contributed by atoms with E-state index in [1.807, 2.05) is 12.1 Å². The highest BCUT2D eigenvalue weighted by atomic mass is 32.1. The number of aromatic nitrogens is 1. The first-order chi connectivity index (χ1) is 9.61. The molecule has 1 aromatic heterocycles. The number of benzene rings is 1. The molecule has 0 N–H and O–H groups in total. The number of nitrogens with zero attached hydrogens (tertiary/aromatic N) is 1. The molecular weight excluding hydrogens is 274 g/mol. The number of hydrogen-bond donors (Lipinski definition) is 0. The minimum atomic E-state index is -0.551. The fourth-order valence-corrected chi connectivity index (χ4v) is 3.51. The van der Waals surface area contributed by atoms with Gasteiger partial charge in [-0.2, -0.15) is 0 Å². The highest BCUT2D eigenvalue weighted by molar-refractivity contribution is 7.14. The minimum absolute atomic E-state index is 0.143. The van der Waals surface area contributed by atoms with Crippen molar-refractivity contribution >= 4 is 23.1 Å².